The minimum absolute atomic E-state index is 0.157. The van der Waals surface area contributed by atoms with Crippen LogP contribution in [-0.2, 0) is 21.4 Å². The highest BCUT2D eigenvalue weighted by atomic mass is 79.9. The summed E-state index contributed by atoms with van der Waals surface area (Å²) in [6.45, 7) is 4.59. The molecule has 0 aliphatic carbocycles. The van der Waals surface area contributed by atoms with Crippen molar-refractivity contribution in [3.8, 4) is 0 Å². The number of hydrogen-bond acceptors (Lipinski definition) is 3. The fourth-order valence-corrected chi connectivity index (χ4v) is 5.62. The lowest BCUT2D eigenvalue weighted by molar-refractivity contribution is -0.116. The molecular formula is C24H24BrN3O3S. The van der Waals surface area contributed by atoms with Gasteiger partial charge in [0.2, 0.25) is 15.9 Å². The fraction of sp³-hybridized carbons (Fsp3) is 0.208. The summed E-state index contributed by atoms with van der Waals surface area (Å²) in [5, 5.41) is 5.03. The van der Waals surface area contributed by atoms with Gasteiger partial charge in [0.15, 0.2) is 0 Å². The van der Waals surface area contributed by atoms with E-state index in [2.05, 4.69) is 44.9 Å². The lowest BCUT2D eigenvalue weighted by Crippen LogP contribution is -2.37. The first-order valence-electron chi connectivity index (χ1n) is 10.4. The third-order valence-corrected chi connectivity index (χ3v) is 7.96. The number of anilines is 1. The molecule has 0 aliphatic rings. The zero-order valence-electron chi connectivity index (χ0n) is 17.9. The number of halogens is 1. The molecule has 0 saturated heterocycles. The zero-order chi connectivity index (χ0) is 22.9. The van der Waals surface area contributed by atoms with Crippen molar-refractivity contribution in [2.24, 2.45) is 0 Å². The highest BCUT2D eigenvalue weighted by Crippen LogP contribution is 2.31. The lowest BCUT2D eigenvalue weighted by Gasteiger charge is -2.20. The number of sulfonamides is 1. The molecule has 166 valence electrons. The van der Waals surface area contributed by atoms with Gasteiger partial charge in [0.1, 0.15) is 0 Å². The van der Waals surface area contributed by atoms with Crippen molar-refractivity contribution < 1.29 is 13.2 Å². The van der Waals surface area contributed by atoms with Crippen LogP contribution in [0.2, 0.25) is 0 Å². The molecular weight excluding hydrogens is 490 g/mol. The second-order valence-corrected chi connectivity index (χ2v) is 10.3. The number of carbonyl (C=O) groups is 1. The summed E-state index contributed by atoms with van der Waals surface area (Å²) in [5.41, 5.74) is 2.88. The first-order chi connectivity index (χ1) is 15.3. The maximum atomic E-state index is 12.9. The summed E-state index contributed by atoms with van der Waals surface area (Å²) >= 11 is 3.31. The number of aryl methyl sites for hydroxylation is 1. The van der Waals surface area contributed by atoms with Crippen LogP contribution >= 0.6 is 15.9 Å². The van der Waals surface area contributed by atoms with E-state index in [-0.39, 0.29) is 23.9 Å². The molecule has 1 N–H and O–H groups in total. The Bertz CT molecular complexity index is 1400. The van der Waals surface area contributed by atoms with Crippen molar-refractivity contribution in [1.29, 1.82) is 0 Å². The zero-order valence-corrected chi connectivity index (χ0v) is 20.3. The van der Waals surface area contributed by atoms with E-state index in [0.717, 1.165) is 32.8 Å². The summed E-state index contributed by atoms with van der Waals surface area (Å²) in [4.78, 5) is 12.9. The number of fused-ring (bicyclic) bond motifs is 3. The van der Waals surface area contributed by atoms with Crippen LogP contribution in [0.5, 0.6) is 0 Å². The predicted molar refractivity (Wildman–Crippen MR) is 132 cm³/mol. The molecule has 0 atom stereocenters. The lowest BCUT2D eigenvalue weighted by atomic mass is 10.1. The number of nitrogens with zero attached hydrogens (tertiary/aromatic N) is 2. The maximum Gasteiger partial charge on any atom is 0.243 e. The maximum absolute atomic E-state index is 12.9. The van der Waals surface area contributed by atoms with Crippen LogP contribution in [0.3, 0.4) is 0 Å². The number of benzene rings is 3. The Labute approximate surface area is 196 Å². The molecule has 0 fully saturated rings. The standard InChI is InChI=1S/C24H24BrN3O3S/c1-3-27(32(30,31)19-12-9-17(25)10-13-19)16-24(29)26-18-11-14-23-21(15-18)20-7-5-6-8-22(20)28(23)4-2/h5-15H,3-4,16H2,1-2H3,(H,26,29). The van der Waals surface area contributed by atoms with E-state index in [1.54, 1.807) is 19.1 Å². The highest BCUT2D eigenvalue weighted by Gasteiger charge is 2.25. The summed E-state index contributed by atoms with van der Waals surface area (Å²) in [6.07, 6.45) is 0. The summed E-state index contributed by atoms with van der Waals surface area (Å²) in [7, 11) is -3.77. The van der Waals surface area contributed by atoms with Gasteiger partial charge < -0.3 is 9.88 Å². The largest absolute Gasteiger partial charge is 0.341 e. The number of likely N-dealkylation sites (N-methyl/N-ethyl adjacent to an activating group) is 1. The van der Waals surface area contributed by atoms with E-state index in [1.165, 1.54) is 16.4 Å². The van der Waals surface area contributed by atoms with E-state index in [4.69, 9.17) is 0 Å². The molecule has 0 spiro atoms. The first kappa shape index (κ1) is 22.5. The molecule has 0 saturated carbocycles. The van der Waals surface area contributed by atoms with Gasteiger partial charge in [-0.25, -0.2) is 8.42 Å². The quantitative estimate of drug-likeness (QED) is 0.367. The van der Waals surface area contributed by atoms with Crippen molar-refractivity contribution in [2.75, 3.05) is 18.4 Å². The van der Waals surface area contributed by atoms with Gasteiger partial charge in [-0.2, -0.15) is 4.31 Å². The van der Waals surface area contributed by atoms with Gasteiger partial charge in [-0.15, -0.1) is 0 Å². The molecule has 0 unspecified atom stereocenters. The van der Waals surface area contributed by atoms with Crippen molar-refractivity contribution >= 4 is 59.4 Å². The van der Waals surface area contributed by atoms with E-state index < -0.39 is 10.0 Å². The number of para-hydroxylation sites is 1. The van der Waals surface area contributed by atoms with Gasteiger partial charge >= 0.3 is 0 Å². The van der Waals surface area contributed by atoms with E-state index in [9.17, 15) is 13.2 Å². The Morgan fingerprint density at radius 2 is 1.66 bits per heavy atom. The Balaban J connectivity index is 1.58. The van der Waals surface area contributed by atoms with Gasteiger partial charge in [-0.05, 0) is 55.5 Å². The molecule has 0 aliphatic heterocycles. The Morgan fingerprint density at radius 1 is 0.969 bits per heavy atom. The van der Waals surface area contributed by atoms with Crippen LogP contribution in [-0.4, -0.2) is 36.3 Å². The van der Waals surface area contributed by atoms with Crippen LogP contribution in [0.15, 0.2) is 76.1 Å². The molecule has 32 heavy (non-hydrogen) atoms. The molecule has 0 radical (unpaired) electrons. The van der Waals surface area contributed by atoms with Crippen LogP contribution in [0.1, 0.15) is 13.8 Å². The third-order valence-electron chi connectivity index (χ3n) is 5.50. The molecule has 0 bridgehead atoms. The highest BCUT2D eigenvalue weighted by molar-refractivity contribution is 9.10. The van der Waals surface area contributed by atoms with Crippen LogP contribution in [0.25, 0.3) is 21.8 Å². The van der Waals surface area contributed by atoms with Crippen LogP contribution in [0.4, 0.5) is 5.69 Å². The van der Waals surface area contributed by atoms with Crippen LogP contribution < -0.4 is 5.32 Å². The van der Waals surface area contributed by atoms with E-state index in [0.29, 0.717) is 5.69 Å². The molecule has 1 amide bonds. The monoisotopic (exact) mass is 513 g/mol. The predicted octanol–water partition coefficient (Wildman–Crippen LogP) is 5.23. The second kappa shape index (κ2) is 9.05. The first-order valence-corrected chi connectivity index (χ1v) is 12.6. The summed E-state index contributed by atoms with van der Waals surface area (Å²) in [5.74, 6) is -0.383. The minimum atomic E-state index is -3.77. The molecule has 3 aromatic carbocycles. The number of nitrogens with one attached hydrogen (secondary N) is 1. The fourth-order valence-electron chi connectivity index (χ4n) is 3.96. The second-order valence-electron chi connectivity index (χ2n) is 7.43. The van der Waals surface area contributed by atoms with Crippen molar-refractivity contribution in [3.63, 3.8) is 0 Å². The normalized spacial score (nSPS) is 12.0. The van der Waals surface area contributed by atoms with Gasteiger partial charge in [0, 0.05) is 45.1 Å². The molecule has 4 aromatic rings. The SMILES string of the molecule is CCN(CC(=O)Nc1ccc2c(c1)c1ccccc1n2CC)S(=O)(=O)c1ccc(Br)cc1. The third kappa shape index (κ3) is 4.18. The van der Waals surface area contributed by atoms with Gasteiger partial charge in [-0.3, -0.25) is 4.79 Å². The topological polar surface area (TPSA) is 71.4 Å². The van der Waals surface area contributed by atoms with Crippen LogP contribution in [0, 0.1) is 0 Å². The Hall–Kier alpha value is -2.68. The number of hydrogen-bond donors (Lipinski definition) is 1. The molecule has 1 heterocycles. The molecule has 1 aromatic heterocycles. The minimum Gasteiger partial charge on any atom is -0.341 e. The molecule has 6 nitrogen and oxygen atoms in total. The van der Waals surface area contributed by atoms with Gasteiger partial charge in [0.25, 0.3) is 0 Å². The molecule has 8 heteroatoms. The summed E-state index contributed by atoms with van der Waals surface area (Å²) < 4.78 is 30.1. The van der Waals surface area contributed by atoms with Crippen molar-refractivity contribution in [1.82, 2.24) is 8.87 Å². The number of rotatable bonds is 7. The smallest absolute Gasteiger partial charge is 0.243 e. The van der Waals surface area contributed by atoms with E-state index in [1.807, 2.05) is 30.3 Å². The van der Waals surface area contributed by atoms with Gasteiger partial charge in [0.05, 0.1) is 11.4 Å². The Kier molecular flexibility index (Phi) is 6.37. The molecule has 4 rings (SSSR count). The number of carbonyl (C=O) groups excluding carboxylic acids is 1. The average Bonchev–Trinajstić information content (AvgIpc) is 3.10. The summed E-state index contributed by atoms with van der Waals surface area (Å²) in [6, 6.07) is 20.3. The van der Waals surface area contributed by atoms with Crippen molar-refractivity contribution in [3.05, 3.63) is 71.2 Å². The Morgan fingerprint density at radius 3 is 2.34 bits per heavy atom. The number of aromatic nitrogens is 1. The average molecular weight is 514 g/mol. The van der Waals surface area contributed by atoms with Gasteiger partial charge in [-0.1, -0.05) is 41.1 Å². The van der Waals surface area contributed by atoms with E-state index >= 15 is 0 Å². The van der Waals surface area contributed by atoms with Crippen molar-refractivity contribution in [2.45, 2.75) is 25.3 Å². The number of amides is 1.